The number of rotatable bonds is 3. The van der Waals surface area contributed by atoms with Crippen LogP contribution in [0, 0.1) is 13.8 Å². The molecule has 0 spiro atoms. The van der Waals surface area contributed by atoms with Crippen molar-refractivity contribution in [3.8, 4) is 0 Å². The topological polar surface area (TPSA) is 38.9 Å². The zero-order chi connectivity index (χ0) is 11.5. The van der Waals surface area contributed by atoms with Gasteiger partial charge in [0.15, 0.2) is 5.13 Å². The molecule has 1 heterocycles. The Balaban J connectivity index is 2.02. The quantitative estimate of drug-likeness (QED) is 0.883. The zero-order valence-electron chi connectivity index (χ0n) is 9.66. The van der Waals surface area contributed by atoms with Gasteiger partial charge in [-0.3, -0.25) is 0 Å². The summed E-state index contributed by atoms with van der Waals surface area (Å²) in [5.74, 6) is 0. The van der Waals surface area contributed by atoms with E-state index in [1.165, 1.54) is 16.0 Å². The summed E-state index contributed by atoms with van der Waals surface area (Å²) in [6.45, 7) is 4.13. The molecule has 0 bridgehead atoms. The average molecular weight is 232 g/mol. The highest BCUT2D eigenvalue weighted by molar-refractivity contribution is 7.15. The number of nitrogen functional groups attached to an aromatic ring is 1. The molecule has 3 heteroatoms. The molecule has 2 N–H and O–H groups in total. The SMILES string of the molecule is Cc1ccc(CCc2sc(N)nc2C)cc1. The number of benzene rings is 1. The lowest BCUT2D eigenvalue weighted by Crippen LogP contribution is -1.91. The van der Waals surface area contributed by atoms with Gasteiger partial charge in [0, 0.05) is 4.88 Å². The molecule has 0 unspecified atom stereocenters. The van der Waals surface area contributed by atoms with E-state index in [4.69, 9.17) is 5.73 Å². The molecule has 16 heavy (non-hydrogen) atoms. The van der Waals surface area contributed by atoms with Crippen LogP contribution in [0.4, 0.5) is 5.13 Å². The van der Waals surface area contributed by atoms with E-state index in [0.29, 0.717) is 5.13 Å². The molecule has 0 aliphatic rings. The van der Waals surface area contributed by atoms with Crippen LogP contribution in [0.2, 0.25) is 0 Å². The van der Waals surface area contributed by atoms with Gasteiger partial charge in [0.05, 0.1) is 5.69 Å². The Bertz CT molecular complexity index is 471. The normalized spacial score (nSPS) is 10.6. The third-order valence-corrected chi connectivity index (χ3v) is 3.72. The Morgan fingerprint density at radius 3 is 2.38 bits per heavy atom. The maximum atomic E-state index is 5.68. The van der Waals surface area contributed by atoms with E-state index in [0.717, 1.165) is 18.5 Å². The Hall–Kier alpha value is -1.35. The summed E-state index contributed by atoms with van der Waals surface area (Å²) in [6, 6.07) is 8.69. The molecule has 0 atom stereocenters. The summed E-state index contributed by atoms with van der Waals surface area (Å²) in [5.41, 5.74) is 9.43. The van der Waals surface area contributed by atoms with Crippen molar-refractivity contribution < 1.29 is 0 Å². The van der Waals surface area contributed by atoms with Gasteiger partial charge >= 0.3 is 0 Å². The Kier molecular flexibility index (Phi) is 3.25. The largest absolute Gasteiger partial charge is 0.375 e. The van der Waals surface area contributed by atoms with E-state index < -0.39 is 0 Å². The standard InChI is InChI=1S/C13H16N2S/c1-9-3-5-11(6-4-9)7-8-12-10(2)15-13(14)16-12/h3-6H,7-8H2,1-2H3,(H2,14,15). The molecule has 2 rings (SSSR count). The fourth-order valence-corrected chi connectivity index (χ4v) is 2.53. The number of anilines is 1. The van der Waals surface area contributed by atoms with Crippen molar-refractivity contribution in [3.05, 3.63) is 46.0 Å². The molecule has 0 radical (unpaired) electrons. The molecule has 1 aromatic carbocycles. The number of hydrogen-bond donors (Lipinski definition) is 1. The fourth-order valence-electron chi connectivity index (χ4n) is 1.70. The van der Waals surface area contributed by atoms with Crippen LogP contribution in [0.5, 0.6) is 0 Å². The van der Waals surface area contributed by atoms with Crippen molar-refractivity contribution in [1.82, 2.24) is 4.98 Å². The minimum atomic E-state index is 0.677. The van der Waals surface area contributed by atoms with Crippen molar-refractivity contribution >= 4 is 16.5 Å². The highest BCUT2D eigenvalue weighted by atomic mass is 32.1. The second-order valence-electron chi connectivity index (χ2n) is 4.05. The third-order valence-electron chi connectivity index (χ3n) is 2.67. The van der Waals surface area contributed by atoms with E-state index in [2.05, 4.69) is 36.2 Å². The van der Waals surface area contributed by atoms with E-state index in [1.807, 2.05) is 6.92 Å². The molecule has 0 fully saturated rings. The van der Waals surface area contributed by atoms with Crippen molar-refractivity contribution in [2.45, 2.75) is 26.7 Å². The van der Waals surface area contributed by atoms with Gasteiger partial charge in [-0.1, -0.05) is 29.8 Å². The van der Waals surface area contributed by atoms with Gasteiger partial charge in [-0.15, -0.1) is 11.3 Å². The minimum absolute atomic E-state index is 0.677. The first-order valence-corrected chi connectivity index (χ1v) is 6.24. The van der Waals surface area contributed by atoms with E-state index >= 15 is 0 Å². The van der Waals surface area contributed by atoms with Gasteiger partial charge in [0.1, 0.15) is 0 Å². The van der Waals surface area contributed by atoms with Gasteiger partial charge in [0.25, 0.3) is 0 Å². The molecule has 2 aromatic rings. The van der Waals surface area contributed by atoms with Crippen LogP contribution in [0.1, 0.15) is 21.7 Å². The molecule has 0 saturated carbocycles. The number of aromatic nitrogens is 1. The summed E-state index contributed by atoms with van der Waals surface area (Å²) < 4.78 is 0. The zero-order valence-corrected chi connectivity index (χ0v) is 10.5. The van der Waals surface area contributed by atoms with Crippen LogP contribution >= 0.6 is 11.3 Å². The first-order chi connectivity index (χ1) is 7.65. The van der Waals surface area contributed by atoms with Crippen LogP contribution in [0.25, 0.3) is 0 Å². The molecular weight excluding hydrogens is 216 g/mol. The predicted molar refractivity (Wildman–Crippen MR) is 69.9 cm³/mol. The van der Waals surface area contributed by atoms with Crippen LogP contribution < -0.4 is 5.73 Å². The van der Waals surface area contributed by atoms with Crippen LogP contribution in [0.15, 0.2) is 24.3 Å². The highest BCUT2D eigenvalue weighted by Gasteiger charge is 2.05. The summed E-state index contributed by atoms with van der Waals surface area (Å²) in [6.07, 6.45) is 2.09. The molecule has 0 saturated heterocycles. The van der Waals surface area contributed by atoms with Gasteiger partial charge in [-0.25, -0.2) is 4.98 Å². The fraction of sp³-hybridized carbons (Fsp3) is 0.308. The molecule has 0 aliphatic carbocycles. The molecule has 84 valence electrons. The summed E-state index contributed by atoms with van der Waals surface area (Å²) in [5, 5.41) is 0.677. The Labute approximate surface area is 100 Å². The van der Waals surface area contributed by atoms with E-state index in [-0.39, 0.29) is 0 Å². The Morgan fingerprint density at radius 1 is 1.12 bits per heavy atom. The van der Waals surface area contributed by atoms with Crippen LogP contribution in [-0.4, -0.2) is 4.98 Å². The van der Waals surface area contributed by atoms with E-state index in [9.17, 15) is 0 Å². The molecular formula is C13H16N2S. The second-order valence-corrected chi connectivity index (χ2v) is 5.16. The number of hydrogen-bond acceptors (Lipinski definition) is 3. The van der Waals surface area contributed by atoms with Crippen LogP contribution in [0.3, 0.4) is 0 Å². The molecule has 2 nitrogen and oxygen atoms in total. The van der Waals surface area contributed by atoms with Gasteiger partial charge < -0.3 is 5.73 Å². The number of nitrogens with zero attached hydrogens (tertiary/aromatic N) is 1. The second kappa shape index (κ2) is 4.66. The molecule has 1 aromatic heterocycles. The minimum Gasteiger partial charge on any atom is -0.375 e. The van der Waals surface area contributed by atoms with E-state index in [1.54, 1.807) is 11.3 Å². The lowest BCUT2D eigenvalue weighted by Gasteiger charge is -2.01. The van der Waals surface area contributed by atoms with Crippen LogP contribution in [-0.2, 0) is 12.8 Å². The first kappa shape index (κ1) is 11.1. The highest BCUT2D eigenvalue weighted by Crippen LogP contribution is 2.21. The number of nitrogens with two attached hydrogens (primary N) is 1. The predicted octanol–water partition coefficient (Wildman–Crippen LogP) is 3.13. The van der Waals surface area contributed by atoms with Crippen molar-refractivity contribution in [2.75, 3.05) is 5.73 Å². The monoisotopic (exact) mass is 232 g/mol. The third kappa shape index (κ3) is 2.61. The lowest BCUT2D eigenvalue weighted by atomic mass is 10.1. The first-order valence-electron chi connectivity index (χ1n) is 5.42. The maximum Gasteiger partial charge on any atom is 0.180 e. The summed E-state index contributed by atoms with van der Waals surface area (Å²) >= 11 is 1.60. The lowest BCUT2D eigenvalue weighted by molar-refractivity contribution is 0.961. The van der Waals surface area contributed by atoms with Gasteiger partial charge in [-0.2, -0.15) is 0 Å². The van der Waals surface area contributed by atoms with Crippen molar-refractivity contribution in [1.29, 1.82) is 0 Å². The van der Waals surface area contributed by atoms with Gasteiger partial charge in [0.2, 0.25) is 0 Å². The summed E-state index contributed by atoms with van der Waals surface area (Å²) in [4.78, 5) is 5.54. The smallest absolute Gasteiger partial charge is 0.180 e. The van der Waals surface area contributed by atoms with Gasteiger partial charge in [-0.05, 0) is 32.3 Å². The Morgan fingerprint density at radius 2 is 1.81 bits per heavy atom. The average Bonchev–Trinajstić information content (AvgIpc) is 2.57. The number of thiazole rings is 1. The summed E-state index contributed by atoms with van der Waals surface area (Å²) in [7, 11) is 0. The molecule has 0 aliphatic heterocycles. The van der Waals surface area contributed by atoms with Crippen molar-refractivity contribution in [2.24, 2.45) is 0 Å². The number of aryl methyl sites for hydroxylation is 4. The maximum absolute atomic E-state index is 5.68. The molecule has 0 amide bonds. The van der Waals surface area contributed by atoms with Crippen molar-refractivity contribution in [3.63, 3.8) is 0 Å².